The van der Waals surface area contributed by atoms with E-state index >= 15 is 0 Å². The van der Waals surface area contributed by atoms with Crippen LogP contribution in [-0.2, 0) is 11.3 Å². The van der Waals surface area contributed by atoms with Gasteiger partial charge in [0.1, 0.15) is 0 Å². The van der Waals surface area contributed by atoms with Gasteiger partial charge < -0.3 is 15.7 Å². The zero-order valence-corrected chi connectivity index (χ0v) is 16.7. The van der Waals surface area contributed by atoms with Gasteiger partial charge in [0, 0.05) is 23.5 Å². The molecule has 0 bridgehead atoms. The molecule has 9 nitrogen and oxygen atoms in total. The number of anilines is 3. The molecule has 0 aliphatic rings. The van der Waals surface area contributed by atoms with Crippen LogP contribution in [0, 0.1) is 12.7 Å². The van der Waals surface area contributed by atoms with Gasteiger partial charge in [0.25, 0.3) is 0 Å². The summed E-state index contributed by atoms with van der Waals surface area (Å²) in [5, 5.41) is 19.7. The van der Waals surface area contributed by atoms with E-state index in [1.165, 1.54) is 6.08 Å². The molecule has 0 spiro atoms. The van der Waals surface area contributed by atoms with E-state index in [9.17, 15) is 9.18 Å². The number of aromatic nitrogens is 5. The van der Waals surface area contributed by atoms with E-state index in [1.54, 1.807) is 40.0 Å². The Kier molecular flexibility index (Phi) is 5.46. The Bertz CT molecular complexity index is 1280. The number of aliphatic hydroxyl groups excluding tert-OH is 1. The molecular formula is C21H20FN7O2. The number of rotatable bonds is 7. The zero-order chi connectivity index (χ0) is 22.0. The molecule has 3 aromatic heterocycles. The lowest BCUT2D eigenvalue weighted by molar-refractivity contribution is -0.111. The van der Waals surface area contributed by atoms with Crippen LogP contribution in [0.1, 0.15) is 5.56 Å². The van der Waals surface area contributed by atoms with Gasteiger partial charge in [-0.1, -0.05) is 6.58 Å². The molecule has 3 heterocycles. The van der Waals surface area contributed by atoms with Crippen molar-refractivity contribution in [2.45, 2.75) is 13.5 Å². The smallest absolute Gasteiger partial charge is 0.247 e. The Morgan fingerprint density at radius 1 is 1.29 bits per heavy atom. The second-order valence-electron chi connectivity index (χ2n) is 6.81. The number of benzene rings is 1. The number of hydrogen-bond donors (Lipinski definition) is 3. The summed E-state index contributed by atoms with van der Waals surface area (Å²) in [6.07, 6.45) is 7.33. The Labute approximate surface area is 176 Å². The molecule has 4 rings (SSSR count). The maximum Gasteiger partial charge on any atom is 0.247 e. The Morgan fingerprint density at radius 3 is 2.90 bits per heavy atom. The summed E-state index contributed by atoms with van der Waals surface area (Å²) < 4.78 is 17.9. The predicted molar refractivity (Wildman–Crippen MR) is 115 cm³/mol. The molecular weight excluding hydrogens is 401 g/mol. The van der Waals surface area contributed by atoms with E-state index in [0.717, 1.165) is 22.7 Å². The van der Waals surface area contributed by atoms with Gasteiger partial charge in [0.05, 0.1) is 36.7 Å². The van der Waals surface area contributed by atoms with E-state index < -0.39 is 5.82 Å². The monoisotopic (exact) mass is 421 g/mol. The number of hydrogen-bond acceptors (Lipinski definition) is 6. The summed E-state index contributed by atoms with van der Waals surface area (Å²) in [6.45, 7) is 5.67. The van der Waals surface area contributed by atoms with Crippen molar-refractivity contribution in [1.29, 1.82) is 0 Å². The number of fused-ring (bicyclic) bond motifs is 1. The van der Waals surface area contributed by atoms with E-state index in [1.807, 2.05) is 13.0 Å². The topological polar surface area (TPSA) is 110 Å². The van der Waals surface area contributed by atoms with Crippen molar-refractivity contribution in [1.82, 2.24) is 24.3 Å². The standard InChI is InChI=1S/C21H20FN7O2/c1-3-19(31)25-14-4-5-18-16(8-14)13(2)11-29(18)20-17(22)10-23-21(27-20)26-15-9-24-28(12-15)6-7-30/h3-5,8-12,30H,1,6-7H2,2H3,(H,25,31)(H,23,26,27). The second-order valence-corrected chi connectivity index (χ2v) is 6.81. The molecule has 31 heavy (non-hydrogen) atoms. The maximum atomic E-state index is 14.6. The van der Waals surface area contributed by atoms with Gasteiger partial charge in [0.15, 0.2) is 11.6 Å². The van der Waals surface area contributed by atoms with Gasteiger partial charge in [-0.05, 0) is 36.8 Å². The van der Waals surface area contributed by atoms with Crippen LogP contribution >= 0.6 is 0 Å². The summed E-state index contributed by atoms with van der Waals surface area (Å²) in [5.74, 6) is -0.602. The molecule has 0 saturated carbocycles. The quantitative estimate of drug-likeness (QED) is 0.396. The first-order valence-corrected chi connectivity index (χ1v) is 9.47. The third-order valence-corrected chi connectivity index (χ3v) is 4.63. The Hall–Kier alpha value is -4.05. The fourth-order valence-corrected chi connectivity index (χ4v) is 3.21. The van der Waals surface area contributed by atoms with Gasteiger partial charge in [0.2, 0.25) is 11.9 Å². The average Bonchev–Trinajstić information content (AvgIpc) is 3.33. The molecule has 4 aromatic rings. The van der Waals surface area contributed by atoms with Crippen LogP contribution in [0.3, 0.4) is 0 Å². The van der Waals surface area contributed by atoms with Crippen LogP contribution in [0.15, 0.2) is 55.6 Å². The highest BCUT2D eigenvalue weighted by Gasteiger charge is 2.15. The minimum Gasteiger partial charge on any atom is -0.394 e. The van der Waals surface area contributed by atoms with Crippen molar-refractivity contribution >= 4 is 34.1 Å². The van der Waals surface area contributed by atoms with Crippen LogP contribution in [-0.4, -0.2) is 41.9 Å². The molecule has 1 aromatic carbocycles. The molecule has 0 aliphatic heterocycles. The van der Waals surface area contributed by atoms with Crippen LogP contribution in [0.4, 0.5) is 21.7 Å². The van der Waals surface area contributed by atoms with E-state index in [-0.39, 0.29) is 24.3 Å². The number of carbonyl (C=O) groups is 1. The molecule has 3 N–H and O–H groups in total. The fraction of sp³-hybridized carbons (Fsp3) is 0.143. The molecule has 0 fully saturated rings. The molecule has 0 aliphatic carbocycles. The lowest BCUT2D eigenvalue weighted by atomic mass is 10.2. The molecule has 0 radical (unpaired) electrons. The van der Waals surface area contributed by atoms with E-state index in [0.29, 0.717) is 17.9 Å². The molecule has 0 unspecified atom stereocenters. The van der Waals surface area contributed by atoms with Crippen molar-refractivity contribution in [3.8, 4) is 5.82 Å². The first kappa shape index (κ1) is 20.2. The molecule has 1 amide bonds. The summed E-state index contributed by atoms with van der Waals surface area (Å²) in [5.41, 5.74) is 2.85. The molecule has 0 saturated heterocycles. The van der Waals surface area contributed by atoms with E-state index in [2.05, 4.69) is 32.3 Å². The van der Waals surface area contributed by atoms with Crippen LogP contribution < -0.4 is 10.6 Å². The van der Waals surface area contributed by atoms with Crippen molar-refractivity contribution in [3.05, 3.63) is 67.0 Å². The van der Waals surface area contributed by atoms with Crippen molar-refractivity contribution in [2.75, 3.05) is 17.2 Å². The summed E-state index contributed by atoms with van der Waals surface area (Å²) in [4.78, 5) is 19.9. The highest BCUT2D eigenvalue weighted by molar-refractivity contribution is 6.00. The fourth-order valence-electron chi connectivity index (χ4n) is 3.21. The minimum absolute atomic E-state index is 0.0304. The molecule has 0 atom stereocenters. The number of aryl methyl sites for hydroxylation is 1. The second kappa shape index (κ2) is 8.36. The van der Waals surface area contributed by atoms with Crippen molar-refractivity contribution < 1.29 is 14.3 Å². The van der Waals surface area contributed by atoms with Gasteiger partial charge in [-0.2, -0.15) is 10.1 Å². The Morgan fingerprint density at radius 2 is 2.13 bits per heavy atom. The largest absolute Gasteiger partial charge is 0.394 e. The average molecular weight is 421 g/mol. The Balaban J connectivity index is 1.69. The van der Waals surface area contributed by atoms with Crippen LogP contribution in [0.5, 0.6) is 0 Å². The normalized spacial score (nSPS) is 10.9. The number of nitrogens with one attached hydrogen (secondary N) is 2. The van der Waals surface area contributed by atoms with Crippen LogP contribution in [0.25, 0.3) is 16.7 Å². The van der Waals surface area contributed by atoms with Crippen molar-refractivity contribution in [2.24, 2.45) is 0 Å². The maximum absolute atomic E-state index is 14.6. The summed E-state index contributed by atoms with van der Waals surface area (Å²) >= 11 is 0. The minimum atomic E-state index is -0.581. The lowest BCUT2D eigenvalue weighted by Gasteiger charge is -2.09. The number of halogens is 1. The molecule has 158 valence electrons. The van der Waals surface area contributed by atoms with E-state index in [4.69, 9.17) is 5.11 Å². The first-order valence-electron chi connectivity index (χ1n) is 9.47. The lowest BCUT2D eigenvalue weighted by Crippen LogP contribution is -2.07. The number of carbonyl (C=O) groups excluding carboxylic acids is 1. The summed E-state index contributed by atoms with van der Waals surface area (Å²) in [6, 6.07) is 5.33. The number of nitrogens with zero attached hydrogens (tertiary/aromatic N) is 5. The highest BCUT2D eigenvalue weighted by Crippen LogP contribution is 2.28. The van der Waals surface area contributed by atoms with Gasteiger partial charge in [-0.25, -0.2) is 9.37 Å². The predicted octanol–water partition coefficient (Wildman–Crippen LogP) is 2.92. The number of aliphatic hydroxyl groups is 1. The third kappa shape index (κ3) is 4.14. The third-order valence-electron chi connectivity index (χ3n) is 4.63. The SMILES string of the molecule is C=CC(=O)Nc1ccc2c(c1)c(C)cn2-c1nc(Nc2cnn(CCO)c2)ncc1F. The zero-order valence-electron chi connectivity index (χ0n) is 16.7. The van der Waals surface area contributed by atoms with Gasteiger partial charge in [-0.3, -0.25) is 14.0 Å². The summed E-state index contributed by atoms with van der Waals surface area (Å²) in [7, 11) is 0. The number of amides is 1. The first-order chi connectivity index (χ1) is 15.0. The van der Waals surface area contributed by atoms with Gasteiger partial charge in [-0.15, -0.1) is 0 Å². The highest BCUT2D eigenvalue weighted by atomic mass is 19.1. The van der Waals surface area contributed by atoms with Crippen molar-refractivity contribution in [3.63, 3.8) is 0 Å². The van der Waals surface area contributed by atoms with Gasteiger partial charge >= 0.3 is 0 Å². The van der Waals surface area contributed by atoms with Crippen LogP contribution in [0.2, 0.25) is 0 Å². The molecule has 10 heteroatoms.